The summed E-state index contributed by atoms with van der Waals surface area (Å²) in [4.78, 5) is 12.4. The molecule has 0 atom stereocenters. The van der Waals surface area contributed by atoms with Crippen LogP contribution in [-0.2, 0) is 4.74 Å². The fourth-order valence-corrected chi connectivity index (χ4v) is 0.885. The number of ether oxygens (including phenoxy) is 1. The molecule has 1 rings (SSSR count). The number of cyclic esters (lactones) is 1. The van der Waals surface area contributed by atoms with Gasteiger partial charge in [0, 0.05) is 13.1 Å². The molecule has 0 N–H and O–H groups in total. The van der Waals surface area contributed by atoms with Gasteiger partial charge in [0.1, 0.15) is 0 Å². The Kier molecular flexibility index (Phi) is 1.92. The predicted molar refractivity (Wildman–Crippen MR) is 33.2 cm³/mol. The molecule has 0 saturated carbocycles. The van der Waals surface area contributed by atoms with Crippen molar-refractivity contribution in [2.75, 3.05) is 19.7 Å². The first-order valence-corrected chi connectivity index (χ1v) is 3.26. The van der Waals surface area contributed by atoms with Crippen LogP contribution in [0.2, 0.25) is 0 Å². The highest BCUT2D eigenvalue weighted by Crippen LogP contribution is 2.02. The van der Waals surface area contributed by atoms with Crippen molar-refractivity contribution in [3.63, 3.8) is 0 Å². The van der Waals surface area contributed by atoms with E-state index in [-0.39, 0.29) is 6.09 Å². The highest BCUT2D eigenvalue weighted by molar-refractivity contribution is 5.68. The molecular weight excluding hydrogens is 118 g/mol. The second-order valence-corrected chi connectivity index (χ2v) is 2.05. The van der Waals surface area contributed by atoms with Gasteiger partial charge < -0.3 is 9.64 Å². The number of hydrogen-bond acceptors (Lipinski definition) is 2. The van der Waals surface area contributed by atoms with Gasteiger partial charge in [-0.2, -0.15) is 0 Å². The summed E-state index contributed by atoms with van der Waals surface area (Å²) >= 11 is 0. The van der Waals surface area contributed by atoms with E-state index in [1.165, 1.54) is 0 Å². The van der Waals surface area contributed by atoms with Crippen LogP contribution < -0.4 is 0 Å². The van der Waals surface area contributed by atoms with Crippen molar-refractivity contribution in [3.8, 4) is 0 Å². The molecule has 3 nitrogen and oxygen atoms in total. The third kappa shape index (κ3) is 1.34. The maximum atomic E-state index is 10.7. The molecular formula is C6H11NO2. The van der Waals surface area contributed by atoms with Gasteiger partial charge in [-0.05, 0) is 13.3 Å². The largest absolute Gasteiger partial charge is 0.449 e. The summed E-state index contributed by atoms with van der Waals surface area (Å²) in [7, 11) is 0. The van der Waals surface area contributed by atoms with E-state index in [1.807, 2.05) is 6.92 Å². The normalized spacial score (nSPS) is 19.7. The molecule has 52 valence electrons. The summed E-state index contributed by atoms with van der Waals surface area (Å²) in [6.07, 6.45) is 0.809. The molecule has 0 radical (unpaired) electrons. The Morgan fingerprint density at radius 3 is 3.00 bits per heavy atom. The Morgan fingerprint density at radius 1 is 1.78 bits per heavy atom. The number of carbonyl (C=O) groups excluding carboxylic acids is 1. The highest BCUT2D eigenvalue weighted by atomic mass is 16.6. The SMILES string of the molecule is CCN1CCCOC1=O. The average Bonchev–Trinajstić information content (AvgIpc) is 1.89. The van der Waals surface area contributed by atoms with Gasteiger partial charge in [0.2, 0.25) is 0 Å². The van der Waals surface area contributed by atoms with Gasteiger partial charge in [-0.25, -0.2) is 4.79 Å². The zero-order chi connectivity index (χ0) is 6.69. The van der Waals surface area contributed by atoms with Crippen LogP contribution in [0.4, 0.5) is 4.79 Å². The van der Waals surface area contributed by atoms with Crippen molar-refractivity contribution < 1.29 is 9.53 Å². The Morgan fingerprint density at radius 2 is 2.56 bits per heavy atom. The minimum Gasteiger partial charge on any atom is -0.449 e. The monoisotopic (exact) mass is 129 g/mol. The van der Waals surface area contributed by atoms with E-state index in [1.54, 1.807) is 4.90 Å². The van der Waals surface area contributed by atoms with Crippen LogP contribution in [0, 0.1) is 0 Å². The van der Waals surface area contributed by atoms with E-state index in [2.05, 4.69) is 0 Å². The Balaban J connectivity index is 2.39. The molecule has 9 heavy (non-hydrogen) atoms. The van der Waals surface area contributed by atoms with Crippen LogP contribution in [0.15, 0.2) is 0 Å². The van der Waals surface area contributed by atoms with E-state index in [0.717, 1.165) is 19.5 Å². The topological polar surface area (TPSA) is 29.5 Å². The average molecular weight is 129 g/mol. The van der Waals surface area contributed by atoms with Crippen LogP contribution in [-0.4, -0.2) is 30.7 Å². The van der Waals surface area contributed by atoms with E-state index in [0.29, 0.717) is 6.61 Å². The smallest absolute Gasteiger partial charge is 0.409 e. The number of amides is 1. The summed E-state index contributed by atoms with van der Waals surface area (Å²) in [6.45, 7) is 4.16. The van der Waals surface area contributed by atoms with E-state index < -0.39 is 0 Å². The van der Waals surface area contributed by atoms with Gasteiger partial charge in [0.05, 0.1) is 6.61 Å². The lowest BCUT2D eigenvalue weighted by Crippen LogP contribution is -2.37. The van der Waals surface area contributed by atoms with Crippen LogP contribution in [0.1, 0.15) is 13.3 Å². The van der Waals surface area contributed by atoms with Crippen LogP contribution in [0.5, 0.6) is 0 Å². The van der Waals surface area contributed by atoms with Gasteiger partial charge in [-0.15, -0.1) is 0 Å². The molecule has 1 fully saturated rings. The minimum absolute atomic E-state index is 0.163. The van der Waals surface area contributed by atoms with Crippen molar-refractivity contribution >= 4 is 6.09 Å². The van der Waals surface area contributed by atoms with Crippen molar-refractivity contribution in [1.82, 2.24) is 4.90 Å². The fourth-order valence-electron chi connectivity index (χ4n) is 0.885. The first-order valence-electron chi connectivity index (χ1n) is 3.26. The number of nitrogens with zero attached hydrogens (tertiary/aromatic N) is 1. The molecule has 0 bridgehead atoms. The summed E-state index contributed by atoms with van der Waals surface area (Å²) in [5, 5.41) is 0. The van der Waals surface area contributed by atoms with Crippen molar-refractivity contribution in [2.45, 2.75) is 13.3 Å². The molecule has 1 amide bonds. The molecule has 0 aromatic heterocycles. The second kappa shape index (κ2) is 2.71. The molecule has 0 unspecified atom stereocenters. The lowest BCUT2D eigenvalue weighted by Gasteiger charge is -2.24. The molecule has 0 aromatic carbocycles. The number of carbonyl (C=O) groups is 1. The summed E-state index contributed by atoms with van der Waals surface area (Å²) < 4.78 is 4.77. The third-order valence-corrected chi connectivity index (χ3v) is 1.44. The van der Waals surface area contributed by atoms with Gasteiger partial charge >= 0.3 is 6.09 Å². The Hall–Kier alpha value is -0.730. The van der Waals surface area contributed by atoms with Crippen LogP contribution in [0.25, 0.3) is 0 Å². The number of rotatable bonds is 1. The van der Waals surface area contributed by atoms with E-state index >= 15 is 0 Å². The quantitative estimate of drug-likeness (QED) is 0.525. The fraction of sp³-hybridized carbons (Fsp3) is 0.833. The second-order valence-electron chi connectivity index (χ2n) is 2.05. The van der Waals surface area contributed by atoms with Crippen LogP contribution in [0.3, 0.4) is 0 Å². The van der Waals surface area contributed by atoms with Gasteiger partial charge in [-0.3, -0.25) is 0 Å². The van der Waals surface area contributed by atoms with Crippen molar-refractivity contribution in [2.24, 2.45) is 0 Å². The molecule has 1 aliphatic heterocycles. The number of hydrogen-bond donors (Lipinski definition) is 0. The highest BCUT2D eigenvalue weighted by Gasteiger charge is 2.16. The molecule has 1 heterocycles. The molecule has 1 saturated heterocycles. The lowest BCUT2D eigenvalue weighted by atomic mass is 10.4. The summed E-state index contributed by atoms with van der Waals surface area (Å²) in [6, 6.07) is 0. The maximum Gasteiger partial charge on any atom is 0.409 e. The minimum atomic E-state index is -0.163. The zero-order valence-corrected chi connectivity index (χ0v) is 5.59. The Bertz CT molecular complexity index is 114. The molecule has 0 spiro atoms. The standard InChI is InChI=1S/C6H11NO2/c1-2-7-4-3-5-9-6(7)8/h2-5H2,1H3. The summed E-state index contributed by atoms with van der Waals surface area (Å²) in [5.74, 6) is 0. The molecule has 3 heteroatoms. The molecule has 1 aliphatic rings. The van der Waals surface area contributed by atoms with E-state index in [9.17, 15) is 4.79 Å². The summed E-state index contributed by atoms with van der Waals surface area (Å²) in [5.41, 5.74) is 0. The van der Waals surface area contributed by atoms with Gasteiger partial charge in [-0.1, -0.05) is 0 Å². The molecule has 0 aromatic rings. The first-order chi connectivity index (χ1) is 4.34. The maximum absolute atomic E-state index is 10.7. The van der Waals surface area contributed by atoms with Gasteiger partial charge in [0.15, 0.2) is 0 Å². The zero-order valence-electron chi connectivity index (χ0n) is 5.59. The van der Waals surface area contributed by atoms with E-state index in [4.69, 9.17) is 4.74 Å². The first kappa shape index (κ1) is 6.39. The van der Waals surface area contributed by atoms with Gasteiger partial charge in [0.25, 0.3) is 0 Å². The van der Waals surface area contributed by atoms with Crippen molar-refractivity contribution in [1.29, 1.82) is 0 Å². The molecule has 0 aliphatic carbocycles. The van der Waals surface area contributed by atoms with Crippen molar-refractivity contribution in [3.05, 3.63) is 0 Å². The predicted octanol–water partition coefficient (Wildman–Crippen LogP) is 0.849. The van der Waals surface area contributed by atoms with Crippen LogP contribution >= 0.6 is 0 Å². The Labute approximate surface area is 54.6 Å². The lowest BCUT2D eigenvalue weighted by molar-refractivity contribution is 0.0752. The third-order valence-electron chi connectivity index (χ3n) is 1.44.